The quantitative estimate of drug-likeness (QED) is 0.377. The van der Waals surface area contributed by atoms with Crippen LogP contribution in [-0.2, 0) is 23.2 Å². The summed E-state index contributed by atoms with van der Waals surface area (Å²) in [6.07, 6.45) is 5.27. The van der Waals surface area contributed by atoms with Crippen molar-refractivity contribution < 1.29 is 4.79 Å². The summed E-state index contributed by atoms with van der Waals surface area (Å²) in [5.74, 6) is 0.0188. The van der Waals surface area contributed by atoms with Gasteiger partial charge in [0.2, 0.25) is 5.91 Å². The van der Waals surface area contributed by atoms with Gasteiger partial charge in [-0.1, -0.05) is 60.5 Å². The van der Waals surface area contributed by atoms with Gasteiger partial charge >= 0.3 is 0 Å². The average molecular weight is 480 g/mol. The molecule has 170 valence electrons. The van der Waals surface area contributed by atoms with Crippen LogP contribution in [0.5, 0.6) is 0 Å². The molecule has 7 heteroatoms. The topological polar surface area (TPSA) is 64.0 Å². The van der Waals surface area contributed by atoms with E-state index in [1.165, 1.54) is 17.3 Å². The van der Waals surface area contributed by atoms with Crippen LogP contribution in [0.15, 0.2) is 58.5 Å². The highest BCUT2D eigenvalue weighted by atomic mass is 35.5. The number of rotatable bonds is 5. The first-order valence-electron chi connectivity index (χ1n) is 11.4. The van der Waals surface area contributed by atoms with Gasteiger partial charge in [-0.15, -0.1) is 0 Å². The Morgan fingerprint density at radius 1 is 1.15 bits per heavy atom. The summed E-state index contributed by atoms with van der Waals surface area (Å²) in [4.78, 5) is 31.4. The zero-order chi connectivity index (χ0) is 23.0. The molecule has 0 atom stereocenters. The molecule has 2 aliphatic rings. The van der Waals surface area contributed by atoms with Gasteiger partial charge in [0.15, 0.2) is 5.16 Å². The van der Waals surface area contributed by atoms with Crippen LogP contribution in [0.3, 0.4) is 0 Å². The number of carbonyl (C=O) groups is 1. The maximum atomic E-state index is 13.8. The lowest BCUT2D eigenvalue weighted by Gasteiger charge is -2.36. The number of nitrogens with zero attached hydrogens (tertiary/aromatic N) is 2. The molecule has 2 aromatic carbocycles. The smallest absolute Gasteiger partial charge is 0.258 e. The monoisotopic (exact) mass is 479 g/mol. The molecule has 1 N–H and O–H groups in total. The van der Waals surface area contributed by atoms with Crippen LogP contribution in [0.1, 0.15) is 43.7 Å². The lowest BCUT2D eigenvalue weighted by Crippen LogP contribution is -2.40. The fourth-order valence-electron chi connectivity index (χ4n) is 5.29. The van der Waals surface area contributed by atoms with E-state index in [0.717, 1.165) is 48.9 Å². The Labute approximate surface area is 202 Å². The van der Waals surface area contributed by atoms with Crippen molar-refractivity contribution in [3.63, 3.8) is 0 Å². The summed E-state index contributed by atoms with van der Waals surface area (Å²) in [5.41, 5.74) is 4.65. The first-order chi connectivity index (χ1) is 16.0. The van der Waals surface area contributed by atoms with Crippen molar-refractivity contribution in [3.8, 4) is 11.3 Å². The van der Waals surface area contributed by atoms with Crippen LogP contribution in [0, 0.1) is 0 Å². The van der Waals surface area contributed by atoms with Crippen molar-refractivity contribution >= 4 is 35.0 Å². The molecule has 1 saturated carbocycles. The third-order valence-electron chi connectivity index (χ3n) is 6.80. The Morgan fingerprint density at radius 2 is 1.88 bits per heavy atom. The summed E-state index contributed by atoms with van der Waals surface area (Å²) in [6, 6.07) is 15.3. The van der Waals surface area contributed by atoms with E-state index in [1.54, 1.807) is 28.8 Å². The van der Waals surface area contributed by atoms with E-state index in [9.17, 15) is 9.59 Å². The highest BCUT2D eigenvalue weighted by molar-refractivity contribution is 7.99. The molecule has 5 rings (SSSR count). The maximum absolute atomic E-state index is 13.8. The zero-order valence-electron chi connectivity index (χ0n) is 18.6. The predicted molar refractivity (Wildman–Crippen MR) is 134 cm³/mol. The number of benzene rings is 2. The molecular formula is C26H26ClN3O2S. The molecule has 1 amide bonds. The van der Waals surface area contributed by atoms with Gasteiger partial charge in [0.05, 0.1) is 17.0 Å². The summed E-state index contributed by atoms with van der Waals surface area (Å²) in [5, 5.41) is 4.09. The van der Waals surface area contributed by atoms with Crippen molar-refractivity contribution in [2.24, 2.45) is 0 Å². The first-order valence-corrected chi connectivity index (χ1v) is 12.8. The number of nitrogens with one attached hydrogen (secondary N) is 1. The predicted octanol–water partition coefficient (Wildman–Crippen LogP) is 5.68. The van der Waals surface area contributed by atoms with E-state index in [0.29, 0.717) is 22.4 Å². The molecule has 2 aliphatic carbocycles. The maximum Gasteiger partial charge on any atom is 0.258 e. The second-order valence-electron chi connectivity index (χ2n) is 8.83. The standard InChI is InChI=1S/C26H26ClN3O2S/c1-2-30-24(32)22-23(20-8-4-3-7-17(20)15-26(22)13-5-6-14-26)29-25(30)33-16-21(31)28-19-11-9-18(27)10-12-19/h3-4,7-12H,2,5-6,13-16H2,1H3,(H,28,31). The van der Waals surface area contributed by atoms with Gasteiger partial charge in [-0.25, -0.2) is 4.98 Å². The molecule has 0 bridgehead atoms. The lowest BCUT2D eigenvalue weighted by molar-refractivity contribution is -0.113. The van der Waals surface area contributed by atoms with Crippen molar-refractivity contribution in [1.82, 2.24) is 9.55 Å². The SMILES string of the molecule is CCn1c(SCC(=O)Nc2ccc(Cl)cc2)nc2c(c1=O)C1(CCCC1)Cc1ccccc1-2. The van der Waals surface area contributed by atoms with Crippen LogP contribution in [0.2, 0.25) is 5.02 Å². The van der Waals surface area contributed by atoms with Crippen LogP contribution < -0.4 is 10.9 Å². The number of aromatic nitrogens is 2. The first kappa shape index (κ1) is 22.2. The highest BCUT2D eigenvalue weighted by Crippen LogP contribution is 2.49. The van der Waals surface area contributed by atoms with Crippen LogP contribution in [0.4, 0.5) is 5.69 Å². The number of halogens is 1. The second-order valence-corrected chi connectivity index (χ2v) is 10.2. The highest BCUT2D eigenvalue weighted by Gasteiger charge is 2.44. The van der Waals surface area contributed by atoms with E-state index in [4.69, 9.17) is 16.6 Å². The van der Waals surface area contributed by atoms with Crippen molar-refractivity contribution in [2.45, 2.75) is 56.1 Å². The third-order valence-corrected chi connectivity index (χ3v) is 8.03. The Hall–Kier alpha value is -2.57. The normalized spacial score (nSPS) is 15.8. The van der Waals surface area contributed by atoms with Crippen LogP contribution in [-0.4, -0.2) is 21.2 Å². The lowest BCUT2D eigenvalue weighted by atomic mass is 9.68. The van der Waals surface area contributed by atoms with Gasteiger partial charge in [-0.2, -0.15) is 0 Å². The summed E-state index contributed by atoms with van der Waals surface area (Å²) in [6.45, 7) is 2.49. The van der Waals surface area contributed by atoms with Gasteiger partial charge < -0.3 is 5.32 Å². The van der Waals surface area contributed by atoms with Gasteiger partial charge in [0, 0.05) is 28.2 Å². The minimum Gasteiger partial charge on any atom is -0.325 e. The molecule has 3 aromatic rings. The number of amides is 1. The Kier molecular flexibility index (Phi) is 6.06. The Morgan fingerprint density at radius 3 is 2.61 bits per heavy atom. The summed E-state index contributed by atoms with van der Waals surface area (Å²) in [7, 11) is 0. The molecule has 1 aromatic heterocycles. The summed E-state index contributed by atoms with van der Waals surface area (Å²) < 4.78 is 1.74. The van der Waals surface area contributed by atoms with Gasteiger partial charge in [0.1, 0.15) is 0 Å². The fourth-order valence-corrected chi connectivity index (χ4v) is 6.28. The summed E-state index contributed by atoms with van der Waals surface area (Å²) >= 11 is 7.23. The van der Waals surface area contributed by atoms with E-state index in [1.807, 2.05) is 13.0 Å². The number of fused-ring (bicyclic) bond motifs is 4. The van der Waals surface area contributed by atoms with Crippen LogP contribution >= 0.6 is 23.4 Å². The van der Waals surface area contributed by atoms with Crippen molar-refractivity contribution in [1.29, 1.82) is 0 Å². The van der Waals surface area contributed by atoms with Gasteiger partial charge in [-0.05, 0) is 56.0 Å². The Balaban J connectivity index is 1.49. The molecule has 0 aliphatic heterocycles. The van der Waals surface area contributed by atoms with Crippen molar-refractivity contribution in [2.75, 3.05) is 11.1 Å². The van der Waals surface area contributed by atoms with E-state index in [-0.39, 0.29) is 22.6 Å². The second kappa shape index (κ2) is 8.99. The van der Waals surface area contributed by atoms with E-state index in [2.05, 4.69) is 23.5 Å². The fraction of sp³-hybridized carbons (Fsp3) is 0.346. The zero-order valence-corrected chi connectivity index (χ0v) is 20.1. The molecule has 1 heterocycles. The molecule has 0 saturated heterocycles. The number of thioether (sulfide) groups is 1. The molecular weight excluding hydrogens is 454 g/mol. The number of hydrogen-bond acceptors (Lipinski definition) is 4. The molecule has 1 spiro atoms. The number of anilines is 1. The van der Waals surface area contributed by atoms with Crippen molar-refractivity contribution in [3.05, 3.63) is 75.0 Å². The van der Waals surface area contributed by atoms with Gasteiger partial charge in [-0.3, -0.25) is 14.2 Å². The third kappa shape index (κ3) is 4.11. The van der Waals surface area contributed by atoms with Crippen LogP contribution in [0.25, 0.3) is 11.3 Å². The molecule has 0 unspecified atom stereocenters. The average Bonchev–Trinajstić information content (AvgIpc) is 3.27. The molecule has 5 nitrogen and oxygen atoms in total. The number of hydrogen-bond donors (Lipinski definition) is 1. The van der Waals surface area contributed by atoms with Gasteiger partial charge in [0.25, 0.3) is 5.56 Å². The number of carbonyl (C=O) groups excluding carboxylic acids is 1. The Bertz CT molecular complexity index is 1260. The minimum absolute atomic E-state index is 0.0551. The molecule has 1 fully saturated rings. The van der Waals surface area contributed by atoms with E-state index >= 15 is 0 Å². The molecule has 0 radical (unpaired) electrons. The minimum atomic E-state index is -0.149. The molecule has 33 heavy (non-hydrogen) atoms. The van der Waals surface area contributed by atoms with E-state index < -0.39 is 0 Å². The largest absolute Gasteiger partial charge is 0.325 e.